The van der Waals surface area contributed by atoms with E-state index in [1.165, 1.54) is 6.08 Å². The van der Waals surface area contributed by atoms with E-state index in [2.05, 4.69) is 31.7 Å². The molecular weight excluding hydrogens is 258 g/mol. The van der Waals surface area contributed by atoms with Crippen LogP contribution in [0.2, 0.25) is 0 Å². The minimum absolute atomic E-state index is 0.0733. The lowest BCUT2D eigenvalue weighted by molar-refractivity contribution is 0.157. The Morgan fingerprint density at radius 1 is 1.40 bits per heavy atom. The van der Waals surface area contributed by atoms with Crippen molar-refractivity contribution in [2.24, 2.45) is 11.3 Å². The lowest BCUT2D eigenvalue weighted by Gasteiger charge is -2.34. The summed E-state index contributed by atoms with van der Waals surface area (Å²) >= 11 is 0. The molecule has 1 aliphatic heterocycles. The van der Waals surface area contributed by atoms with Crippen molar-refractivity contribution in [3.05, 3.63) is 36.0 Å². The second-order valence-electron chi connectivity index (χ2n) is 6.64. The number of allylic oxidation sites excluding steroid dienone is 5. The molecule has 1 fully saturated rings. The summed E-state index contributed by atoms with van der Waals surface area (Å²) in [4.78, 5) is 2.19. The maximum absolute atomic E-state index is 13.9. The molecule has 2 nitrogen and oxygen atoms in total. The molecule has 0 radical (unpaired) electrons. The van der Waals surface area contributed by atoms with Crippen LogP contribution < -0.4 is 0 Å². The smallest absolute Gasteiger partial charge is 0.125 e. The monoisotopic (exact) mass is 278 g/mol. The summed E-state index contributed by atoms with van der Waals surface area (Å²) in [6.07, 6.45) is 5.65. The number of rotatable bonds is 0. The molecule has 0 amide bonds. The molecule has 1 heterocycles. The van der Waals surface area contributed by atoms with Gasteiger partial charge in [0.15, 0.2) is 0 Å². The first kappa shape index (κ1) is 14.9. The Kier molecular flexibility index (Phi) is 3.84. The summed E-state index contributed by atoms with van der Waals surface area (Å²) in [6.45, 7) is 7.47. The van der Waals surface area contributed by atoms with E-state index in [-0.39, 0.29) is 17.9 Å². The largest absolute Gasteiger partial charge is 0.296 e. The Bertz CT molecular complexity index is 520. The Morgan fingerprint density at radius 3 is 2.70 bits per heavy atom. The third-order valence-corrected chi connectivity index (χ3v) is 4.16. The highest BCUT2D eigenvalue weighted by Gasteiger charge is 2.48. The van der Waals surface area contributed by atoms with Crippen molar-refractivity contribution >= 4 is 0 Å². The molecule has 0 aromatic rings. The first-order valence-electron chi connectivity index (χ1n) is 6.83. The van der Waals surface area contributed by atoms with Gasteiger partial charge >= 0.3 is 0 Å². The molecule has 2 aliphatic rings. The van der Waals surface area contributed by atoms with E-state index in [1.807, 2.05) is 0 Å². The molecule has 2 unspecified atom stereocenters. The predicted molar refractivity (Wildman–Crippen MR) is 75.0 cm³/mol. The van der Waals surface area contributed by atoms with Gasteiger partial charge in [0.2, 0.25) is 0 Å². The summed E-state index contributed by atoms with van der Waals surface area (Å²) < 4.78 is 27.1. The molecule has 1 saturated heterocycles. The molecule has 20 heavy (non-hydrogen) atoms. The zero-order chi connectivity index (χ0) is 15.0. The number of hydrogen-bond acceptors (Lipinski definition) is 2. The van der Waals surface area contributed by atoms with Crippen molar-refractivity contribution in [1.29, 1.82) is 5.26 Å². The van der Waals surface area contributed by atoms with Gasteiger partial charge in [-0.2, -0.15) is 5.26 Å². The third kappa shape index (κ3) is 2.83. The predicted octanol–water partition coefficient (Wildman–Crippen LogP) is 3.89. The Balaban J connectivity index is 2.38. The summed E-state index contributed by atoms with van der Waals surface area (Å²) in [5.74, 6) is -1.38. The van der Waals surface area contributed by atoms with Crippen molar-refractivity contribution in [3.63, 3.8) is 0 Å². The minimum atomic E-state index is -0.590. The summed E-state index contributed by atoms with van der Waals surface area (Å²) in [5.41, 5.74) is -0.643. The molecular formula is C16H20F2N2. The van der Waals surface area contributed by atoms with Gasteiger partial charge in [0.1, 0.15) is 11.7 Å². The highest BCUT2D eigenvalue weighted by molar-refractivity contribution is 5.29. The normalized spacial score (nSPS) is 38.3. The van der Waals surface area contributed by atoms with Crippen molar-refractivity contribution < 1.29 is 8.78 Å². The maximum atomic E-state index is 13.9. The molecule has 0 N–H and O–H groups in total. The van der Waals surface area contributed by atoms with Crippen LogP contribution in [0.3, 0.4) is 0 Å². The third-order valence-electron chi connectivity index (χ3n) is 4.16. The first-order valence-corrected chi connectivity index (χ1v) is 6.83. The number of nitrogens with zero attached hydrogens (tertiary/aromatic N) is 2. The van der Waals surface area contributed by atoms with E-state index in [0.29, 0.717) is 13.1 Å². The summed E-state index contributed by atoms with van der Waals surface area (Å²) in [5, 5.41) is 9.43. The Labute approximate surface area is 119 Å². The van der Waals surface area contributed by atoms with Gasteiger partial charge in [-0.15, -0.1) is 0 Å². The van der Waals surface area contributed by atoms with Crippen LogP contribution in [0.25, 0.3) is 0 Å². The molecule has 4 heteroatoms. The second-order valence-corrected chi connectivity index (χ2v) is 6.64. The maximum Gasteiger partial charge on any atom is 0.125 e. The van der Waals surface area contributed by atoms with E-state index >= 15 is 0 Å². The van der Waals surface area contributed by atoms with Crippen LogP contribution in [0.15, 0.2) is 36.0 Å². The van der Waals surface area contributed by atoms with E-state index < -0.39 is 17.1 Å². The lowest BCUT2D eigenvalue weighted by Crippen LogP contribution is -2.40. The van der Waals surface area contributed by atoms with Crippen LogP contribution >= 0.6 is 0 Å². The molecule has 0 bridgehead atoms. The van der Waals surface area contributed by atoms with E-state index in [4.69, 9.17) is 0 Å². The quantitative estimate of drug-likeness (QED) is 0.672. The molecule has 0 aromatic heterocycles. The van der Waals surface area contributed by atoms with E-state index in [0.717, 1.165) is 6.08 Å². The first-order chi connectivity index (χ1) is 9.27. The SMILES string of the molecule is CC(C)(C)N1CC(C#N)C2(/C=C/C=C(F)\C=C(\F)C2)C1. The van der Waals surface area contributed by atoms with Gasteiger partial charge in [-0.3, -0.25) is 4.90 Å². The van der Waals surface area contributed by atoms with Gasteiger partial charge in [0.25, 0.3) is 0 Å². The Morgan fingerprint density at radius 2 is 2.10 bits per heavy atom. The summed E-state index contributed by atoms with van der Waals surface area (Å²) in [6, 6.07) is 2.31. The van der Waals surface area contributed by atoms with Gasteiger partial charge < -0.3 is 0 Å². The molecule has 1 aliphatic carbocycles. The molecule has 2 rings (SSSR count). The number of nitriles is 1. The van der Waals surface area contributed by atoms with E-state index in [1.54, 1.807) is 12.2 Å². The lowest BCUT2D eigenvalue weighted by atomic mass is 9.75. The Hall–Kier alpha value is -1.47. The molecule has 0 aromatic carbocycles. The van der Waals surface area contributed by atoms with Crippen LogP contribution in [-0.2, 0) is 0 Å². The fraction of sp³-hybridized carbons (Fsp3) is 0.562. The van der Waals surface area contributed by atoms with Gasteiger partial charge in [-0.05, 0) is 26.8 Å². The average Bonchev–Trinajstić information content (AvgIpc) is 2.65. The number of likely N-dealkylation sites (tertiary alicyclic amines) is 1. The molecule has 2 atom stereocenters. The van der Waals surface area contributed by atoms with Crippen molar-refractivity contribution in [1.82, 2.24) is 4.90 Å². The second kappa shape index (κ2) is 5.14. The van der Waals surface area contributed by atoms with Crippen LogP contribution in [0.1, 0.15) is 27.2 Å². The standard InChI is InChI=1S/C16H20F2N2/c1-15(2,3)20-10-12(9-19)16(11-20)6-4-5-13(17)7-14(18)8-16/h4-7,12H,8,10-11H2,1-3H3/b6-4+,13-5+,14-7+. The van der Waals surface area contributed by atoms with Gasteiger partial charge in [-0.25, -0.2) is 8.78 Å². The van der Waals surface area contributed by atoms with Crippen molar-refractivity contribution in [2.45, 2.75) is 32.7 Å². The fourth-order valence-electron chi connectivity index (χ4n) is 2.91. The van der Waals surface area contributed by atoms with Gasteiger partial charge in [0, 0.05) is 36.5 Å². The molecule has 108 valence electrons. The number of hydrogen-bond donors (Lipinski definition) is 0. The zero-order valence-corrected chi connectivity index (χ0v) is 12.2. The molecule has 0 saturated carbocycles. The highest BCUT2D eigenvalue weighted by atomic mass is 19.1. The molecule has 1 spiro atoms. The van der Waals surface area contributed by atoms with Crippen LogP contribution in [-0.4, -0.2) is 23.5 Å². The fourth-order valence-corrected chi connectivity index (χ4v) is 2.91. The van der Waals surface area contributed by atoms with E-state index in [9.17, 15) is 14.0 Å². The highest BCUT2D eigenvalue weighted by Crippen LogP contribution is 2.45. The van der Waals surface area contributed by atoms with Gasteiger partial charge in [0.05, 0.1) is 12.0 Å². The summed E-state index contributed by atoms with van der Waals surface area (Å²) in [7, 11) is 0. The van der Waals surface area contributed by atoms with Crippen molar-refractivity contribution in [3.8, 4) is 6.07 Å². The van der Waals surface area contributed by atoms with Crippen molar-refractivity contribution in [2.75, 3.05) is 13.1 Å². The zero-order valence-electron chi connectivity index (χ0n) is 12.2. The average molecular weight is 278 g/mol. The van der Waals surface area contributed by atoms with Crippen LogP contribution in [0.4, 0.5) is 8.78 Å². The van der Waals surface area contributed by atoms with Crippen LogP contribution in [0.5, 0.6) is 0 Å². The topological polar surface area (TPSA) is 27.0 Å². The number of halogens is 2. The minimum Gasteiger partial charge on any atom is -0.296 e. The van der Waals surface area contributed by atoms with Crippen LogP contribution in [0, 0.1) is 22.7 Å². The van der Waals surface area contributed by atoms with Gasteiger partial charge in [-0.1, -0.05) is 12.2 Å².